The summed E-state index contributed by atoms with van der Waals surface area (Å²) in [5.74, 6) is 0.986. The van der Waals surface area contributed by atoms with Gasteiger partial charge in [-0.05, 0) is 48.2 Å². The molecule has 0 heterocycles. The van der Waals surface area contributed by atoms with Crippen LogP contribution in [0.2, 0.25) is 0 Å². The van der Waals surface area contributed by atoms with Crippen molar-refractivity contribution in [2.24, 2.45) is 0 Å². The molecule has 0 aliphatic carbocycles. The monoisotopic (exact) mass is 332 g/mol. The molecule has 0 spiro atoms. The summed E-state index contributed by atoms with van der Waals surface area (Å²) < 4.78 is 11.1. The fraction of sp³-hybridized carbons (Fsp3) is 0. The van der Waals surface area contributed by atoms with E-state index in [1.807, 2.05) is 6.07 Å². The molecule has 0 aliphatic heterocycles. The molecule has 0 bridgehead atoms. The van der Waals surface area contributed by atoms with Crippen molar-refractivity contribution in [2.75, 3.05) is 0 Å². The van der Waals surface area contributed by atoms with Gasteiger partial charge in [-0.2, -0.15) is 5.26 Å². The molecule has 0 aromatic heterocycles. The second-order valence-electron chi connectivity index (χ2n) is 3.89. The first kappa shape index (κ1) is 15.4. The van der Waals surface area contributed by atoms with E-state index in [1.165, 1.54) is 0 Å². The third-order valence-electron chi connectivity index (χ3n) is 2.39. The number of thiol groups is 1. The van der Waals surface area contributed by atoms with Crippen LogP contribution < -0.4 is 9.05 Å². The van der Waals surface area contributed by atoms with Gasteiger partial charge >= 0.3 is 5.69 Å². The first-order valence-corrected chi connectivity index (χ1v) is 9.51. The lowest BCUT2D eigenvalue weighted by atomic mass is 10.2. The highest BCUT2D eigenvalue weighted by atomic mass is 32.9. The highest BCUT2D eigenvalue weighted by Crippen LogP contribution is 2.53. The van der Waals surface area contributed by atoms with Crippen molar-refractivity contribution in [3.63, 3.8) is 0 Å². The molecule has 21 heavy (non-hydrogen) atoms. The van der Waals surface area contributed by atoms with Gasteiger partial charge in [-0.3, -0.25) is 0 Å². The van der Waals surface area contributed by atoms with Gasteiger partial charge in [-0.25, -0.2) is 4.85 Å². The van der Waals surface area contributed by atoms with E-state index < -0.39 is 5.69 Å². The molecule has 4 nitrogen and oxygen atoms in total. The second kappa shape index (κ2) is 6.65. The lowest BCUT2D eigenvalue weighted by Crippen LogP contribution is -1.95. The van der Waals surface area contributed by atoms with Crippen LogP contribution in [0.5, 0.6) is 11.5 Å². The lowest BCUT2D eigenvalue weighted by molar-refractivity contribution is 0.507. The van der Waals surface area contributed by atoms with Crippen LogP contribution in [-0.2, 0) is 11.8 Å². The summed E-state index contributed by atoms with van der Waals surface area (Å²) in [6.07, 6.45) is 0. The van der Waals surface area contributed by atoms with Crippen LogP contribution in [-0.4, -0.2) is 0 Å². The van der Waals surface area contributed by atoms with E-state index in [-0.39, 0.29) is 0 Å². The molecule has 0 N–H and O–H groups in total. The van der Waals surface area contributed by atoms with Crippen LogP contribution in [0, 0.1) is 17.9 Å². The smallest absolute Gasteiger partial charge is 0.345 e. The summed E-state index contributed by atoms with van der Waals surface area (Å²) >= 11 is 9.50. The maximum atomic E-state index is 8.73. The quantitative estimate of drug-likeness (QED) is 0.500. The summed E-state index contributed by atoms with van der Waals surface area (Å²) in [5, 5.41) is 8.73. The number of nitriles is 1. The Morgan fingerprint density at radius 2 is 1.52 bits per heavy atom. The first-order chi connectivity index (χ1) is 10.0. The third-order valence-corrected chi connectivity index (χ3v) is 4.21. The largest absolute Gasteiger partial charge is 0.428 e. The molecule has 2 aromatic carbocycles. The maximum absolute atomic E-state index is 8.73. The molecule has 0 saturated carbocycles. The Balaban J connectivity index is 2.08. The molecular formula is C14H9N2O2PS2. The molecule has 0 aliphatic rings. The second-order valence-corrected chi connectivity index (χ2v) is 9.03. The maximum Gasteiger partial charge on any atom is 0.345 e. The van der Waals surface area contributed by atoms with Gasteiger partial charge in [0.1, 0.15) is 11.5 Å². The third kappa shape index (κ3) is 4.51. The summed E-state index contributed by atoms with van der Waals surface area (Å²) in [5.41, 5.74) is -1.77. The van der Waals surface area contributed by atoms with Gasteiger partial charge < -0.3 is 9.05 Å². The minimum absolute atomic E-state index is 0.491. The molecule has 2 aromatic rings. The molecule has 0 saturated heterocycles. The van der Waals surface area contributed by atoms with E-state index >= 15 is 0 Å². The summed E-state index contributed by atoms with van der Waals surface area (Å²) in [4.78, 5) is 3.29. The van der Waals surface area contributed by atoms with Crippen LogP contribution in [0.15, 0.2) is 48.5 Å². The van der Waals surface area contributed by atoms with Gasteiger partial charge in [-0.1, -0.05) is 24.4 Å². The van der Waals surface area contributed by atoms with E-state index in [2.05, 4.69) is 17.1 Å². The molecule has 104 valence electrons. The molecule has 2 rings (SSSR count). The molecule has 0 radical (unpaired) electrons. The SMILES string of the molecule is [C-]#[N+]c1ccc(OP(=S)(S)Oc2ccc(C#N)cc2)cc1. The summed E-state index contributed by atoms with van der Waals surface area (Å²) in [6.45, 7) is 6.88. The van der Waals surface area contributed by atoms with Crippen LogP contribution >= 0.6 is 17.9 Å². The summed E-state index contributed by atoms with van der Waals surface area (Å²) in [6, 6.07) is 15.1. The zero-order valence-corrected chi connectivity index (χ0v) is 13.2. The standard InChI is InChI=1S/C14H9N2O2PS2/c1-16-12-4-8-14(9-5-12)18-19(20,21)17-13-6-2-11(10-15)3-7-13/h2-9H,(H,20,21). The minimum Gasteiger partial charge on any atom is -0.428 e. The summed E-state index contributed by atoms with van der Waals surface area (Å²) in [7, 11) is 0. The van der Waals surface area contributed by atoms with Gasteiger partial charge in [0.2, 0.25) is 0 Å². The van der Waals surface area contributed by atoms with Gasteiger partial charge in [0.15, 0.2) is 5.69 Å². The number of benzene rings is 2. The van der Waals surface area contributed by atoms with Crippen molar-refractivity contribution in [1.29, 1.82) is 5.26 Å². The first-order valence-electron chi connectivity index (χ1n) is 5.72. The number of hydrogen-bond acceptors (Lipinski definition) is 4. The Morgan fingerprint density at radius 3 is 1.95 bits per heavy atom. The Labute approximate surface area is 133 Å². The normalized spacial score (nSPS) is 12.5. The topological polar surface area (TPSA) is 46.6 Å². The van der Waals surface area contributed by atoms with Crippen molar-refractivity contribution >= 4 is 35.4 Å². The average Bonchev–Trinajstić information content (AvgIpc) is 2.48. The van der Waals surface area contributed by atoms with Gasteiger partial charge in [0, 0.05) is 0 Å². The molecule has 0 amide bonds. The Kier molecular flexibility index (Phi) is 4.88. The van der Waals surface area contributed by atoms with E-state index in [0.717, 1.165) is 0 Å². The van der Waals surface area contributed by atoms with Crippen molar-refractivity contribution in [3.05, 3.63) is 65.5 Å². The van der Waals surface area contributed by atoms with Crippen LogP contribution in [0.4, 0.5) is 5.69 Å². The van der Waals surface area contributed by atoms with Crippen LogP contribution in [0.3, 0.4) is 0 Å². The highest BCUT2D eigenvalue weighted by molar-refractivity contribution is 8.60. The number of rotatable bonds is 4. The molecular weight excluding hydrogens is 323 g/mol. The van der Waals surface area contributed by atoms with E-state index in [4.69, 9.17) is 32.7 Å². The van der Waals surface area contributed by atoms with Crippen molar-refractivity contribution in [2.45, 2.75) is 0 Å². The fourth-order valence-corrected chi connectivity index (χ4v) is 3.35. The van der Waals surface area contributed by atoms with E-state index in [0.29, 0.717) is 22.7 Å². The molecule has 0 fully saturated rings. The van der Waals surface area contributed by atoms with Crippen molar-refractivity contribution in [1.82, 2.24) is 0 Å². The van der Waals surface area contributed by atoms with Gasteiger partial charge in [0.05, 0.1) is 18.2 Å². The van der Waals surface area contributed by atoms with Crippen LogP contribution in [0.1, 0.15) is 5.56 Å². The Hall–Kier alpha value is -1.98. The fourth-order valence-electron chi connectivity index (χ4n) is 1.46. The minimum atomic E-state index is -2.82. The Bertz CT molecular complexity index is 698. The van der Waals surface area contributed by atoms with E-state index in [9.17, 15) is 0 Å². The predicted molar refractivity (Wildman–Crippen MR) is 88.4 cm³/mol. The van der Waals surface area contributed by atoms with Gasteiger partial charge in [0.25, 0.3) is 0 Å². The molecule has 1 unspecified atom stereocenters. The zero-order chi connectivity index (χ0) is 15.3. The van der Waals surface area contributed by atoms with Crippen molar-refractivity contribution < 1.29 is 9.05 Å². The highest BCUT2D eigenvalue weighted by Gasteiger charge is 2.16. The van der Waals surface area contributed by atoms with Crippen LogP contribution in [0.25, 0.3) is 4.85 Å². The Morgan fingerprint density at radius 1 is 1.05 bits per heavy atom. The number of nitrogens with zero attached hydrogens (tertiary/aromatic N) is 2. The predicted octanol–water partition coefficient (Wildman–Crippen LogP) is 4.72. The lowest BCUT2D eigenvalue weighted by Gasteiger charge is -2.18. The van der Waals surface area contributed by atoms with Gasteiger partial charge in [-0.15, -0.1) is 0 Å². The average molecular weight is 332 g/mol. The zero-order valence-electron chi connectivity index (χ0n) is 10.6. The van der Waals surface area contributed by atoms with E-state index in [1.54, 1.807) is 48.5 Å². The number of hydrogen-bond donors (Lipinski definition) is 1. The molecule has 1 atom stereocenters. The van der Waals surface area contributed by atoms with Crippen molar-refractivity contribution in [3.8, 4) is 17.6 Å². The molecule has 7 heteroatoms.